The van der Waals surface area contributed by atoms with Crippen molar-refractivity contribution in [1.29, 1.82) is 0 Å². The van der Waals surface area contributed by atoms with Gasteiger partial charge in [-0.2, -0.15) is 0 Å². The average Bonchev–Trinajstić information content (AvgIpc) is 2.50. The third-order valence-electron chi connectivity index (χ3n) is 3.66. The van der Waals surface area contributed by atoms with Crippen LogP contribution in [0.15, 0.2) is 0 Å². The molecule has 0 saturated carbocycles. The van der Waals surface area contributed by atoms with E-state index in [1.165, 1.54) is 12.0 Å². The predicted molar refractivity (Wildman–Crippen MR) is 62.5 cm³/mol. The molecule has 6 heteroatoms. The molecule has 100 valence electrons. The van der Waals surface area contributed by atoms with E-state index in [-0.39, 0.29) is 17.7 Å². The zero-order valence-corrected chi connectivity index (χ0v) is 10.6. The number of carbonyl (C=O) groups excluding carboxylic acids is 3. The molecule has 3 atom stereocenters. The fourth-order valence-corrected chi connectivity index (χ4v) is 2.65. The summed E-state index contributed by atoms with van der Waals surface area (Å²) >= 11 is 0. The maximum absolute atomic E-state index is 12.3. The van der Waals surface area contributed by atoms with Gasteiger partial charge < -0.3 is 15.0 Å². The summed E-state index contributed by atoms with van der Waals surface area (Å²) in [5, 5.41) is 2.75. The summed E-state index contributed by atoms with van der Waals surface area (Å²) in [6, 6.07) is -1.15. The number of hydrogen-bond acceptors (Lipinski definition) is 4. The van der Waals surface area contributed by atoms with Crippen molar-refractivity contribution in [1.82, 2.24) is 10.2 Å². The second-order valence-electron chi connectivity index (χ2n) is 4.88. The van der Waals surface area contributed by atoms with Gasteiger partial charge in [0.15, 0.2) is 0 Å². The monoisotopic (exact) mass is 254 g/mol. The van der Waals surface area contributed by atoms with Crippen LogP contribution in [0, 0.1) is 5.92 Å². The van der Waals surface area contributed by atoms with E-state index in [1.807, 2.05) is 0 Å². The number of piperidine rings is 1. The van der Waals surface area contributed by atoms with Gasteiger partial charge >= 0.3 is 5.97 Å². The Labute approximate surface area is 106 Å². The minimum Gasteiger partial charge on any atom is -0.467 e. The molecule has 2 heterocycles. The third kappa shape index (κ3) is 2.07. The second kappa shape index (κ2) is 4.96. The molecule has 0 aromatic carbocycles. The number of amides is 2. The SMILES string of the molecule is COC(=O)[C@@H]1CCC[C@@H]2C(=O)NC[C@H](C)C(=O)N21. The highest BCUT2D eigenvalue weighted by Gasteiger charge is 2.44. The van der Waals surface area contributed by atoms with Gasteiger partial charge in [-0.1, -0.05) is 6.92 Å². The lowest BCUT2D eigenvalue weighted by atomic mass is 9.94. The van der Waals surface area contributed by atoms with E-state index >= 15 is 0 Å². The van der Waals surface area contributed by atoms with Crippen molar-refractivity contribution < 1.29 is 19.1 Å². The van der Waals surface area contributed by atoms with Gasteiger partial charge in [-0.15, -0.1) is 0 Å². The molecule has 2 rings (SSSR count). The first kappa shape index (κ1) is 12.9. The van der Waals surface area contributed by atoms with Gasteiger partial charge in [0, 0.05) is 6.54 Å². The first-order chi connectivity index (χ1) is 8.56. The molecule has 0 aliphatic carbocycles. The molecule has 18 heavy (non-hydrogen) atoms. The third-order valence-corrected chi connectivity index (χ3v) is 3.66. The van der Waals surface area contributed by atoms with Crippen LogP contribution in [-0.2, 0) is 19.1 Å². The quantitative estimate of drug-likeness (QED) is 0.650. The molecular weight excluding hydrogens is 236 g/mol. The number of rotatable bonds is 1. The lowest BCUT2D eigenvalue weighted by molar-refractivity contribution is -0.159. The zero-order chi connectivity index (χ0) is 13.3. The number of carbonyl (C=O) groups is 3. The van der Waals surface area contributed by atoms with Crippen molar-refractivity contribution in [2.45, 2.75) is 38.3 Å². The maximum atomic E-state index is 12.3. The Hall–Kier alpha value is -1.59. The van der Waals surface area contributed by atoms with E-state index < -0.39 is 18.1 Å². The Kier molecular flexibility index (Phi) is 3.54. The standard InChI is InChI=1S/C12H18N2O4/c1-7-6-13-10(15)8-4-3-5-9(12(17)18-2)14(8)11(7)16/h7-9H,3-6H2,1-2H3,(H,13,15)/t7-,8+,9-/m0/s1. The van der Waals surface area contributed by atoms with E-state index in [1.54, 1.807) is 6.92 Å². The molecule has 1 N–H and O–H groups in total. The number of hydrogen-bond donors (Lipinski definition) is 1. The highest BCUT2D eigenvalue weighted by Crippen LogP contribution is 2.27. The van der Waals surface area contributed by atoms with Gasteiger partial charge in [0.25, 0.3) is 0 Å². The molecule has 2 amide bonds. The lowest BCUT2D eigenvalue weighted by Gasteiger charge is -2.38. The van der Waals surface area contributed by atoms with E-state index in [9.17, 15) is 14.4 Å². The van der Waals surface area contributed by atoms with Gasteiger partial charge in [-0.05, 0) is 19.3 Å². The Morgan fingerprint density at radius 3 is 2.78 bits per heavy atom. The van der Waals surface area contributed by atoms with Gasteiger partial charge in [0.05, 0.1) is 13.0 Å². The van der Waals surface area contributed by atoms with Crippen LogP contribution in [0.25, 0.3) is 0 Å². The van der Waals surface area contributed by atoms with Crippen LogP contribution in [0.4, 0.5) is 0 Å². The Morgan fingerprint density at radius 2 is 2.11 bits per heavy atom. The molecule has 2 aliphatic heterocycles. The fraction of sp³-hybridized carbons (Fsp3) is 0.750. The van der Waals surface area contributed by atoms with Gasteiger partial charge in [0.2, 0.25) is 11.8 Å². The van der Waals surface area contributed by atoms with Crippen molar-refractivity contribution in [2.75, 3.05) is 13.7 Å². The summed E-state index contributed by atoms with van der Waals surface area (Å²) in [6.45, 7) is 2.09. The number of nitrogens with one attached hydrogen (secondary N) is 1. The normalized spacial score (nSPS) is 32.3. The lowest BCUT2D eigenvalue weighted by Crippen LogP contribution is -2.57. The highest BCUT2D eigenvalue weighted by atomic mass is 16.5. The first-order valence-corrected chi connectivity index (χ1v) is 6.24. The van der Waals surface area contributed by atoms with E-state index in [0.717, 1.165) is 6.42 Å². The van der Waals surface area contributed by atoms with Crippen molar-refractivity contribution in [2.24, 2.45) is 5.92 Å². The van der Waals surface area contributed by atoms with Gasteiger partial charge in [-0.25, -0.2) is 4.79 Å². The summed E-state index contributed by atoms with van der Waals surface area (Å²) in [5.74, 6) is -1.05. The summed E-state index contributed by atoms with van der Waals surface area (Å²) in [7, 11) is 1.30. The number of esters is 1. The first-order valence-electron chi connectivity index (χ1n) is 6.24. The van der Waals surface area contributed by atoms with Crippen LogP contribution in [0.3, 0.4) is 0 Å². The molecule has 2 saturated heterocycles. The molecular formula is C12H18N2O4. The van der Waals surface area contributed by atoms with E-state index in [2.05, 4.69) is 5.32 Å². The molecule has 0 aromatic heterocycles. The average molecular weight is 254 g/mol. The molecule has 0 bridgehead atoms. The molecule has 0 radical (unpaired) electrons. The molecule has 2 aliphatic rings. The maximum Gasteiger partial charge on any atom is 0.328 e. The van der Waals surface area contributed by atoms with E-state index in [0.29, 0.717) is 19.4 Å². The van der Waals surface area contributed by atoms with E-state index in [4.69, 9.17) is 4.74 Å². The van der Waals surface area contributed by atoms with Crippen molar-refractivity contribution in [3.8, 4) is 0 Å². The van der Waals surface area contributed by atoms with Crippen molar-refractivity contribution >= 4 is 17.8 Å². The Morgan fingerprint density at radius 1 is 1.39 bits per heavy atom. The molecule has 6 nitrogen and oxygen atoms in total. The van der Waals surface area contributed by atoms with Gasteiger partial charge in [-0.3, -0.25) is 9.59 Å². The molecule has 0 aromatic rings. The smallest absolute Gasteiger partial charge is 0.328 e. The fourth-order valence-electron chi connectivity index (χ4n) is 2.65. The van der Waals surface area contributed by atoms with Crippen molar-refractivity contribution in [3.05, 3.63) is 0 Å². The zero-order valence-electron chi connectivity index (χ0n) is 10.6. The number of ether oxygens (including phenoxy) is 1. The van der Waals surface area contributed by atoms with Crippen LogP contribution in [0.1, 0.15) is 26.2 Å². The van der Waals surface area contributed by atoms with Crippen LogP contribution in [-0.4, -0.2) is 48.4 Å². The van der Waals surface area contributed by atoms with Crippen molar-refractivity contribution in [3.63, 3.8) is 0 Å². The van der Waals surface area contributed by atoms with Gasteiger partial charge in [0.1, 0.15) is 12.1 Å². The Bertz CT molecular complexity index is 382. The number of fused-ring (bicyclic) bond motifs is 1. The van der Waals surface area contributed by atoms with Crippen LogP contribution >= 0.6 is 0 Å². The summed E-state index contributed by atoms with van der Waals surface area (Å²) in [4.78, 5) is 37.4. The number of nitrogens with zero attached hydrogens (tertiary/aromatic N) is 1. The summed E-state index contributed by atoms with van der Waals surface area (Å²) in [6.07, 6.45) is 1.92. The number of methoxy groups -OCH3 is 1. The molecule has 2 fully saturated rings. The predicted octanol–water partition coefficient (Wildman–Crippen LogP) is -0.325. The Balaban J connectivity index is 2.32. The second-order valence-corrected chi connectivity index (χ2v) is 4.88. The topological polar surface area (TPSA) is 75.7 Å². The largest absolute Gasteiger partial charge is 0.467 e. The molecule has 0 unspecified atom stereocenters. The van der Waals surface area contributed by atoms with Crippen LogP contribution < -0.4 is 5.32 Å². The minimum atomic E-state index is -0.618. The summed E-state index contributed by atoms with van der Waals surface area (Å²) < 4.78 is 4.73. The minimum absolute atomic E-state index is 0.145. The van der Waals surface area contributed by atoms with Crippen LogP contribution in [0.5, 0.6) is 0 Å². The molecule has 0 spiro atoms. The highest BCUT2D eigenvalue weighted by molar-refractivity contribution is 5.94. The summed E-state index contributed by atoms with van der Waals surface area (Å²) in [5.41, 5.74) is 0. The van der Waals surface area contributed by atoms with Crippen LogP contribution in [0.2, 0.25) is 0 Å².